The van der Waals surface area contributed by atoms with E-state index in [2.05, 4.69) is 5.32 Å². The molecule has 2 aromatic rings. The molecule has 0 unspecified atom stereocenters. The van der Waals surface area contributed by atoms with Crippen molar-refractivity contribution in [3.8, 4) is 5.75 Å². The summed E-state index contributed by atoms with van der Waals surface area (Å²) in [6, 6.07) is 11.2. The van der Waals surface area contributed by atoms with E-state index in [0.717, 1.165) is 28.1 Å². The van der Waals surface area contributed by atoms with Crippen LogP contribution in [0.1, 0.15) is 31.2 Å². The molecular formula is C22H21NO7S. The Morgan fingerprint density at radius 3 is 2.35 bits per heavy atom. The molecule has 162 valence electrons. The number of nitrogens with one attached hydrogen (secondary N) is 1. The van der Waals surface area contributed by atoms with E-state index >= 15 is 0 Å². The first-order valence-electron chi connectivity index (χ1n) is 9.72. The molecule has 0 atom stereocenters. The lowest BCUT2D eigenvalue weighted by atomic mass is 10.0. The zero-order valence-electron chi connectivity index (χ0n) is 16.5. The lowest BCUT2D eigenvalue weighted by Gasteiger charge is -2.12. The number of benzene rings is 2. The van der Waals surface area contributed by atoms with Crippen molar-refractivity contribution in [3.63, 3.8) is 0 Å². The minimum Gasteiger partial charge on any atom is -0.493 e. The Labute approximate surface area is 182 Å². The quantitative estimate of drug-likeness (QED) is 0.286. The van der Waals surface area contributed by atoms with Crippen molar-refractivity contribution < 1.29 is 34.1 Å². The minimum atomic E-state index is -1.37. The molecule has 1 fully saturated rings. The molecule has 0 spiro atoms. The van der Waals surface area contributed by atoms with Gasteiger partial charge >= 0.3 is 11.9 Å². The second-order valence-electron chi connectivity index (χ2n) is 6.98. The lowest BCUT2D eigenvalue weighted by molar-refractivity contribution is -0.154. The highest BCUT2D eigenvalue weighted by atomic mass is 32.2. The molecule has 0 aliphatic carbocycles. The molecule has 3 rings (SSSR count). The molecule has 0 aromatic heterocycles. The van der Waals surface area contributed by atoms with E-state index in [4.69, 9.17) is 14.9 Å². The van der Waals surface area contributed by atoms with Crippen LogP contribution in [0.3, 0.4) is 0 Å². The monoisotopic (exact) mass is 443 g/mol. The summed E-state index contributed by atoms with van der Waals surface area (Å²) in [7, 11) is 0. The highest BCUT2D eigenvalue weighted by Gasteiger charge is 2.26. The fraction of sp³-hybridized carbons (Fsp3) is 0.273. The van der Waals surface area contributed by atoms with Crippen LogP contribution in [0.5, 0.6) is 5.75 Å². The molecule has 1 saturated heterocycles. The molecule has 1 aliphatic heterocycles. The highest BCUT2D eigenvalue weighted by molar-refractivity contribution is 8.18. The summed E-state index contributed by atoms with van der Waals surface area (Å²) in [5.41, 5.74) is 0.795. The maximum Gasteiger partial charge on any atom is 0.317 e. The van der Waals surface area contributed by atoms with Gasteiger partial charge in [0.25, 0.3) is 11.1 Å². The molecule has 1 heterocycles. The van der Waals surface area contributed by atoms with Crippen LogP contribution in [0.2, 0.25) is 0 Å². The molecule has 2 aromatic carbocycles. The van der Waals surface area contributed by atoms with E-state index in [-0.39, 0.29) is 6.42 Å². The van der Waals surface area contributed by atoms with Crippen LogP contribution in [0.15, 0.2) is 41.3 Å². The van der Waals surface area contributed by atoms with E-state index < -0.39 is 29.0 Å². The van der Waals surface area contributed by atoms with Crippen LogP contribution in [0.4, 0.5) is 4.79 Å². The summed E-state index contributed by atoms with van der Waals surface area (Å²) in [6.45, 7) is 0.405. The Hall–Kier alpha value is -3.33. The summed E-state index contributed by atoms with van der Waals surface area (Å²) < 4.78 is 5.89. The van der Waals surface area contributed by atoms with Crippen LogP contribution >= 0.6 is 11.8 Å². The predicted octanol–water partition coefficient (Wildman–Crippen LogP) is 3.89. The van der Waals surface area contributed by atoms with E-state index in [1.807, 2.05) is 30.3 Å². The second-order valence-corrected chi connectivity index (χ2v) is 7.99. The fourth-order valence-electron chi connectivity index (χ4n) is 3.27. The SMILES string of the molecule is O=C1NC(=O)C(=Cc2ccc(OCCCCCC(C(=O)O)C(=O)O)c3ccccc23)S1. The van der Waals surface area contributed by atoms with E-state index in [9.17, 15) is 19.2 Å². The predicted molar refractivity (Wildman–Crippen MR) is 116 cm³/mol. The number of imide groups is 1. The number of rotatable bonds is 10. The van der Waals surface area contributed by atoms with Gasteiger partial charge in [-0.25, -0.2) is 0 Å². The normalized spacial score (nSPS) is 14.9. The van der Waals surface area contributed by atoms with Gasteiger partial charge in [-0.05, 0) is 47.7 Å². The molecule has 3 N–H and O–H groups in total. The zero-order valence-corrected chi connectivity index (χ0v) is 17.3. The number of carbonyl (C=O) groups excluding carboxylic acids is 2. The summed E-state index contributed by atoms with van der Waals surface area (Å²) in [5, 5.41) is 21.4. The Bertz CT molecular complexity index is 1050. The molecular weight excluding hydrogens is 422 g/mol. The maximum absolute atomic E-state index is 11.8. The summed E-state index contributed by atoms with van der Waals surface area (Å²) >= 11 is 0.865. The number of thioether (sulfide) groups is 1. The summed E-state index contributed by atoms with van der Waals surface area (Å²) in [5.74, 6) is -3.74. The third kappa shape index (κ3) is 5.64. The van der Waals surface area contributed by atoms with Crippen molar-refractivity contribution in [2.75, 3.05) is 6.61 Å². The first kappa shape index (κ1) is 22.4. The number of ether oxygens (including phenoxy) is 1. The standard InChI is InChI=1S/C22H21NO7S/c24-19-18(31-22(29)23-19)12-13-9-10-17(15-7-4-3-6-14(13)15)30-11-5-1-2-8-16(20(25)26)21(27)28/h3-4,6-7,9-10,12,16H,1-2,5,8,11H2,(H,25,26)(H,27,28)(H,23,24,29). The smallest absolute Gasteiger partial charge is 0.317 e. The van der Waals surface area contributed by atoms with Gasteiger partial charge in [-0.15, -0.1) is 0 Å². The molecule has 0 bridgehead atoms. The number of unbranched alkanes of at least 4 members (excludes halogenated alkanes) is 2. The van der Waals surface area contributed by atoms with Gasteiger partial charge < -0.3 is 14.9 Å². The van der Waals surface area contributed by atoms with Gasteiger partial charge in [-0.3, -0.25) is 24.5 Å². The average molecular weight is 443 g/mol. The average Bonchev–Trinajstić information content (AvgIpc) is 3.04. The van der Waals surface area contributed by atoms with Gasteiger partial charge in [0.15, 0.2) is 5.92 Å². The second kappa shape index (κ2) is 10.1. The van der Waals surface area contributed by atoms with Crippen LogP contribution in [0.25, 0.3) is 16.8 Å². The van der Waals surface area contributed by atoms with E-state index in [1.54, 1.807) is 12.1 Å². The van der Waals surface area contributed by atoms with Crippen molar-refractivity contribution >= 4 is 51.7 Å². The van der Waals surface area contributed by atoms with Gasteiger partial charge in [0.2, 0.25) is 0 Å². The molecule has 0 radical (unpaired) electrons. The first-order valence-corrected chi connectivity index (χ1v) is 10.5. The van der Waals surface area contributed by atoms with Crippen LogP contribution in [-0.2, 0) is 14.4 Å². The van der Waals surface area contributed by atoms with Crippen LogP contribution in [0, 0.1) is 5.92 Å². The number of aliphatic carboxylic acids is 2. The molecule has 9 heteroatoms. The number of carboxylic acids is 2. The molecule has 1 aliphatic rings. The zero-order chi connectivity index (χ0) is 22.4. The molecule has 31 heavy (non-hydrogen) atoms. The topological polar surface area (TPSA) is 130 Å². The number of fused-ring (bicyclic) bond motifs is 1. The van der Waals surface area contributed by atoms with Crippen LogP contribution in [-0.4, -0.2) is 39.9 Å². The Balaban J connectivity index is 1.62. The fourth-order valence-corrected chi connectivity index (χ4v) is 3.94. The third-order valence-electron chi connectivity index (χ3n) is 4.84. The maximum atomic E-state index is 11.8. The van der Waals surface area contributed by atoms with Gasteiger partial charge in [0.1, 0.15) is 5.75 Å². The lowest BCUT2D eigenvalue weighted by Crippen LogP contribution is -2.23. The number of carboxylic acid groups (broad SMARTS) is 2. The van der Waals surface area contributed by atoms with E-state index in [0.29, 0.717) is 36.5 Å². The number of carbonyl (C=O) groups is 4. The van der Waals surface area contributed by atoms with Gasteiger partial charge in [0.05, 0.1) is 11.5 Å². The molecule has 0 saturated carbocycles. The first-order chi connectivity index (χ1) is 14.9. The highest BCUT2D eigenvalue weighted by Crippen LogP contribution is 2.32. The van der Waals surface area contributed by atoms with Gasteiger partial charge in [-0.1, -0.05) is 43.2 Å². The van der Waals surface area contributed by atoms with Crippen molar-refractivity contribution in [1.82, 2.24) is 5.32 Å². The van der Waals surface area contributed by atoms with Crippen LogP contribution < -0.4 is 10.1 Å². The molecule has 8 nitrogen and oxygen atoms in total. The molecule has 2 amide bonds. The largest absolute Gasteiger partial charge is 0.493 e. The van der Waals surface area contributed by atoms with Crippen molar-refractivity contribution in [2.24, 2.45) is 5.92 Å². The summed E-state index contributed by atoms with van der Waals surface area (Å²) in [6.07, 6.45) is 3.56. The van der Waals surface area contributed by atoms with Crippen molar-refractivity contribution in [3.05, 3.63) is 46.9 Å². The number of amides is 2. The third-order valence-corrected chi connectivity index (χ3v) is 5.65. The summed E-state index contributed by atoms with van der Waals surface area (Å²) in [4.78, 5) is 45.3. The minimum absolute atomic E-state index is 0.0883. The van der Waals surface area contributed by atoms with Crippen molar-refractivity contribution in [2.45, 2.75) is 25.7 Å². The Morgan fingerprint density at radius 1 is 1.00 bits per heavy atom. The Morgan fingerprint density at radius 2 is 1.71 bits per heavy atom. The Kier molecular flexibility index (Phi) is 7.30. The van der Waals surface area contributed by atoms with Crippen molar-refractivity contribution in [1.29, 1.82) is 0 Å². The number of hydrogen-bond acceptors (Lipinski definition) is 6. The van der Waals surface area contributed by atoms with Gasteiger partial charge in [-0.2, -0.15) is 0 Å². The van der Waals surface area contributed by atoms with Gasteiger partial charge in [0, 0.05) is 5.39 Å². The number of hydrogen-bond donors (Lipinski definition) is 3. The van der Waals surface area contributed by atoms with E-state index in [1.165, 1.54) is 0 Å².